The highest BCUT2D eigenvalue weighted by Crippen LogP contribution is 2.32. The lowest BCUT2D eigenvalue weighted by Crippen LogP contribution is -2.48. The number of anilines is 3. The third-order valence-electron chi connectivity index (χ3n) is 4.99. The minimum absolute atomic E-state index is 0.0273. The van der Waals surface area contributed by atoms with E-state index in [0.717, 1.165) is 17.8 Å². The molecule has 1 saturated heterocycles. The van der Waals surface area contributed by atoms with Crippen LogP contribution in [-0.4, -0.2) is 54.5 Å². The van der Waals surface area contributed by atoms with E-state index in [1.165, 1.54) is 0 Å². The zero-order chi connectivity index (χ0) is 22.5. The van der Waals surface area contributed by atoms with E-state index in [9.17, 15) is 24.1 Å². The van der Waals surface area contributed by atoms with Crippen molar-refractivity contribution in [2.45, 2.75) is 13.8 Å². The van der Waals surface area contributed by atoms with Crippen molar-refractivity contribution in [3.05, 3.63) is 57.9 Å². The molecule has 1 aliphatic rings. The number of nitro groups is 1. The fourth-order valence-electron chi connectivity index (χ4n) is 3.39. The van der Waals surface area contributed by atoms with Crippen LogP contribution in [0.25, 0.3) is 0 Å². The van der Waals surface area contributed by atoms with Gasteiger partial charge in [-0.2, -0.15) is 0 Å². The normalized spacial score (nSPS) is 13.6. The van der Waals surface area contributed by atoms with Gasteiger partial charge >= 0.3 is 5.97 Å². The third-order valence-corrected chi connectivity index (χ3v) is 4.99. The largest absolute Gasteiger partial charge is 0.462 e. The van der Waals surface area contributed by atoms with Gasteiger partial charge in [0, 0.05) is 56.6 Å². The molecule has 0 saturated carbocycles. The van der Waals surface area contributed by atoms with Crippen molar-refractivity contribution in [1.82, 2.24) is 4.90 Å². The summed E-state index contributed by atoms with van der Waals surface area (Å²) in [5.74, 6) is -1.83. The number of ether oxygens (including phenoxy) is 1. The topological polar surface area (TPSA) is 105 Å². The zero-order valence-electron chi connectivity index (χ0n) is 17.3. The Morgan fingerprint density at radius 2 is 1.90 bits per heavy atom. The molecule has 1 heterocycles. The number of hydrogen-bond acceptors (Lipinski definition) is 7. The van der Waals surface area contributed by atoms with Crippen LogP contribution in [0.2, 0.25) is 0 Å². The average Bonchev–Trinajstić information content (AvgIpc) is 2.74. The van der Waals surface area contributed by atoms with Crippen molar-refractivity contribution in [3.63, 3.8) is 0 Å². The summed E-state index contributed by atoms with van der Waals surface area (Å²) < 4.78 is 19.2. The van der Waals surface area contributed by atoms with Crippen molar-refractivity contribution >= 4 is 34.6 Å². The van der Waals surface area contributed by atoms with Crippen LogP contribution in [0.15, 0.2) is 36.4 Å². The molecule has 2 aromatic carbocycles. The van der Waals surface area contributed by atoms with E-state index in [-0.39, 0.29) is 18.2 Å². The van der Waals surface area contributed by atoms with Gasteiger partial charge in [0.25, 0.3) is 5.69 Å². The summed E-state index contributed by atoms with van der Waals surface area (Å²) in [6, 6.07) is 8.97. The van der Waals surface area contributed by atoms with E-state index in [4.69, 9.17) is 4.74 Å². The molecule has 31 heavy (non-hydrogen) atoms. The van der Waals surface area contributed by atoms with Crippen LogP contribution >= 0.6 is 0 Å². The molecule has 2 aromatic rings. The molecule has 10 heteroatoms. The first kappa shape index (κ1) is 22.0. The Morgan fingerprint density at radius 3 is 2.52 bits per heavy atom. The Kier molecular flexibility index (Phi) is 6.68. The number of nitro benzene ring substituents is 1. The molecule has 0 aromatic heterocycles. The molecule has 1 fully saturated rings. The summed E-state index contributed by atoms with van der Waals surface area (Å²) in [7, 11) is 0. The van der Waals surface area contributed by atoms with Crippen LogP contribution < -0.4 is 10.2 Å². The van der Waals surface area contributed by atoms with Crippen LogP contribution in [0.5, 0.6) is 0 Å². The lowest BCUT2D eigenvalue weighted by Gasteiger charge is -2.35. The summed E-state index contributed by atoms with van der Waals surface area (Å²) in [4.78, 5) is 38.1. The Bertz CT molecular complexity index is 1010. The maximum Gasteiger partial charge on any atom is 0.341 e. The predicted octanol–water partition coefficient (Wildman–Crippen LogP) is 3.32. The average molecular weight is 430 g/mol. The van der Waals surface area contributed by atoms with E-state index < -0.39 is 28.0 Å². The number of hydrogen-bond donors (Lipinski definition) is 1. The van der Waals surface area contributed by atoms with E-state index in [2.05, 4.69) is 10.2 Å². The Hall–Kier alpha value is -3.69. The second-order valence-electron chi connectivity index (χ2n) is 7.00. The first-order chi connectivity index (χ1) is 14.8. The number of carbonyl (C=O) groups excluding carboxylic acids is 2. The van der Waals surface area contributed by atoms with E-state index in [1.807, 2.05) is 6.07 Å². The third kappa shape index (κ3) is 5.08. The minimum atomic E-state index is -0.957. The zero-order valence-corrected chi connectivity index (χ0v) is 17.3. The summed E-state index contributed by atoms with van der Waals surface area (Å²) in [5, 5.41) is 14.4. The van der Waals surface area contributed by atoms with Crippen molar-refractivity contribution in [2.75, 3.05) is 43.0 Å². The standard InChI is InChI=1S/C21H23FN4O5/c1-3-31-21(28)17-12-20(26(29)30)19(13-18(17)22)23-15-5-4-6-16(11-15)25-9-7-24(8-10-25)14(2)27/h4-6,11-13,23H,3,7-10H2,1-2H3. The van der Waals surface area contributed by atoms with Crippen molar-refractivity contribution in [2.24, 2.45) is 0 Å². The van der Waals surface area contributed by atoms with Gasteiger partial charge in [0.2, 0.25) is 5.91 Å². The maximum absolute atomic E-state index is 14.4. The second-order valence-corrected chi connectivity index (χ2v) is 7.00. The molecule has 0 radical (unpaired) electrons. The highest BCUT2D eigenvalue weighted by Gasteiger charge is 2.24. The Labute approximate surface area is 178 Å². The molecule has 9 nitrogen and oxygen atoms in total. The summed E-state index contributed by atoms with van der Waals surface area (Å²) in [6.07, 6.45) is 0. The van der Waals surface area contributed by atoms with Crippen LogP contribution in [0.1, 0.15) is 24.2 Å². The smallest absolute Gasteiger partial charge is 0.341 e. The summed E-state index contributed by atoms with van der Waals surface area (Å²) in [5.41, 5.74) is 0.396. The second kappa shape index (κ2) is 9.41. The van der Waals surface area contributed by atoms with Gasteiger partial charge in [-0.1, -0.05) is 6.07 Å². The van der Waals surface area contributed by atoms with Crippen molar-refractivity contribution in [3.8, 4) is 0 Å². The van der Waals surface area contributed by atoms with Crippen molar-refractivity contribution in [1.29, 1.82) is 0 Å². The number of nitrogens with one attached hydrogen (secondary N) is 1. The molecule has 1 aliphatic heterocycles. The number of benzene rings is 2. The number of rotatable bonds is 6. The van der Waals surface area contributed by atoms with Crippen LogP contribution in [-0.2, 0) is 9.53 Å². The molecule has 0 atom stereocenters. The SMILES string of the molecule is CCOC(=O)c1cc([N+](=O)[O-])c(Nc2cccc(N3CCN(C(C)=O)CC3)c2)cc1F. The van der Waals surface area contributed by atoms with Gasteiger partial charge in [-0.05, 0) is 25.1 Å². The van der Waals surface area contributed by atoms with Gasteiger partial charge in [-0.15, -0.1) is 0 Å². The molecule has 0 bridgehead atoms. The molecule has 0 spiro atoms. The molecular weight excluding hydrogens is 407 g/mol. The van der Waals surface area contributed by atoms with Crippen LogP contribution in [0.3, 0.4) is 0 Å². The van der Waals surface area contributed by atoms with E-state index in [0.29, 0.717) is 31.9 Å². The van der Waals surface area contributed by atoms with E-state index in [1.54, 1.807) is 36.9 Å². The van der Waals surface area contributed by atoms with Gasteiger partial charge in [0.1, 0.15) is 17.1 Å². The van der Waals surface area contributed by atoms with Gasteiger partial charge in [-0.3, -0.25) is 14.9 Å². The van der Waals surface area contributed by atoms with Gasteiger partial charge in [-0.25, -0.2) is 9.18 Å². The van der Waals surface area contributed by atoms with Crippen LogP contribution in [0, 0.1) is 15.9 Å². The number of piperazine rings is 1. The number of halogens is 1. The molecule has 3 rings (SSSR count). The number of nitrogens with zero attached hydrogens (tertiary/aromatic N) is 3. The predicted molar refractivity (Wildman–Crippen MR) is 113 cm³/mol. The Balaban J connectivity index is 1.83. The number of carbonyl (C=O) groups is 2. The summed E-state index contributed by atoms with van der Waals surface area (Å²) in [6.45, 7) is 5.67. The fourth-order valence-corrected chi connectivity index (χ4v) is 3.39. The number of amides is 1. The molecular formula is C21H23FN4O5. The van der Waals surface area contributed by atoms with Crippen LogP contribution in [0.4, 0.5) is 27.1 Å². The minimum Gasteiger partial charge on any atom is -0.462 e. The lowest BCUT2D eigenvalue weighted by atomic mass is 10.1. The number of esters is 1. The highest BCUT2D eigenvalue weighted by molar-refractivity contribution is 5.92. The molecule has 1 amide bonds. The highest BCUT2D eigenvalue weighted by atomic mass is 19.1. The Morgan fingerprint density at radius 1 is 1.19 bits per heavy atom. The van der Waals surface area contributed by atoms with E-state index >= 15 is 0 Å². The van der Waals surface area contributed by atoms with Gasteiger partial charge in [0.15, 0.2) is 0 Å². The van der Waals surface area contributed by atoms with Crippen molar-refractivity contribution < 1.29 is 23.6 Å². The summed E-state index contributed by atoms with van der Waals surface area (Å²) >= 11 is 0. The lowest BCUT2D eigenvalue weighted by molar-refractivity contribution is -0.384. The molecule has 0 aliphatic carbocycles. The first-order valence-corrected chi connectivity index (χ1v) is 9.82. The maximum atomic E-state index is 14.4. The molecule has 1 N–H and O–H groups in total. The monoisotopic (exact) mass is 430 g/mol. The molecule has 164 valence electrons. The van der Waals surface area contributed by atoms with Gasteiger partial charge < -0.3 is 19.9 Å². The van der Waals surface area contributed by atoms with Gasteiger partial charge in [0.05, 0.1) is 11.5 Å². The quantitative estimate of drug-likeness (QED) is 0.426. The first-order valence-electron chi connectivity index (χ1n) is 9.82. The fraction of sp³-hybridized carbons (Fsp3) is 0.333. The molecule has 0 unspecified atom stereocenters.